The van der Waals surface area contributed by atoms with Gasteiger partial charge in [0.05, 0.1) is 6.54 Å². The predicted octanol–water partition coefficient (Wildman–Crippen LogP) is 0.0906. The van der Waals surface area contributed by atoms with Gasteiger partial charge in [-0.05, 0) is 6.42 Å². The molecule has 0 saturated carbocycles. The van der Waals surface area contributed by atoms with E-state index in [0.29, 0.717) is 13.0 Å². The molecule has 1 N–H and O–H groups in total. The van der Waals surface area contributed by atoms with E-state index in [-0.39, 0.29) is 31.1 Å². The van der Waals surface area contributed by atoms with E-state index in [0.717, 1.165) is 13.0 Å². The standard InChI is InChI=1S/C11H17NO4/c1-9(4-7-13)11(15)16-8-6-12-5-2-3-10(12)14/h13H,1-8H2. The third-order valence-electron chi connectivity index (χ3n) is 2.47. The van der Waals surface area contributed by atoms with Gasteiger partial charge in [0.1, 0.15) is 6.61 Å². The van der Waals surface area contributed by atoms with Crippen LogP contribution in [0.1, 0.15) is 19.3 Å². The number of likely N-dealkylation sites (tertiary alicyclic amines) is 1. The molecule has 16 heavy (non-hydrogen) atoms. The fourth-order valence-electron chi connectivity index (χ4n) is 1.53. The lowest BCUT2D eigenvalue weighted by atomic mass is 10.2. The first kappa shape index (κ1) is 12.7. The summed E-state index contributed by atoms with van der Waals surface area (Å²) in [6.45, 7) is 4.76. The molecule has 0 aromatic rings. The normalized spacial score (nSPS) is 15.3. The molecule has 5 heteroatoms. The second-order valence-corrected chi connectivity index (χ2v) is 3.70. The van der Waals surface area contributed by atoms with Crippen LogP contribution >= 0.6 is 0 Å². The number of rotatable bonds is 6. The van der Waals surface area contributed by atoms with E-state index in [1.165, 1.54) is 0 Å². The van der Waals surface area contributed by atoms with E-state index >= 15 is 0 Å². The van der Waals surface area contributed by atoms with Gasteiger partial charge in [0, 0.05) is 31.6 Å². The highest BCUT2D eigenvalue weighted by atomic mass is 16.5. The van der Waals surface area contributed by atoms with Crippen LogP contribution < -0.4 is 0 Å². The summed E-state index contributed by atoms with van der Waals surface area (Å²) in [5.74, 6) is -0.383. The monoisotopic (exact) mass is 227 g/mol. The number of nitrogens with zero attached hydrogens (tertiary/aromatic N) is 1. The summed E-state index contributed by atoms with van der Waals surface area (Å²) in [5.41, 5.74) is 0.259. The van der Waals surface area contributed by atoms with Crippen LogP contribution in [-0.4, -0.2) is 48.2 Å². The molecule has 0 aromatic carbocycles. The first-order valence-corrected chi connectivity index (χ1v) is 5.38. The zero-order valence-corrected chi connectivity index (χ0v) is 9.28. The van der Waals surface area contributed by atoms with Crippen molar-refractivity contribution in [3.8, 4) is 0 Å². The van der Waals surface area contributed by atoms with E-state index in [1.807, 2.05) is 0 Å². The van der Waals surface area contributed by atoms with Crippen molar-refractivity contribution in [2.24, 2.45) is 0 Å². The maximum absolute atomic E-state index is 11.3. The van der Waals surface area contributed by atoms with Crippen LogP contribution in [0, 0.1) is 0 Å². The molecule has 0 radical (unpaired) electrons. The second kappa shape index (κ2) is 6.27. The molecule has 1 saturated heterocycles. The van der Waals surface area contributed by atoms with E-state index in [1.54, 1.807) is 4.90 Å². The number of hydrogen-bond donors (Lipinski definition) is 1. The fraction of sp³-hybridized carbons (Fsp3) is 0.636. The lowest BCUT2D eigenvalue weighted by molar-refractivity contribution is -0.141. The number of aliphatic hydroxyl groups excluding tert-OH is 1. The van der Waals surface area contributed by atoms with Crippen molar-refractivity contribution in [1.82, 2.24) is 4.90 Å². The Bertz CT molecular complexity index is 288. The molecule has 1 rings (SSSR count). The molecule has 1 aliphatic rings. The highest BCUT2D eigenvalue weighted by molar-refractivity contribution is 5.87. The van der Waals surface area contributed by atoms with Crippen LogP contribution in [0.3, 0.4) is 0 Å². The molecule has 90 valence electrons. The highest BCUT2D eigenvalue weighted by Crippen LogP contribution is 2.08. The van der Waals surface area contributed by atoms with Gasteiger partial charge in [-0.2, -0.15) is 0 Å². The van der Waals surface area contributed by atoms with Crippen LogP contribution in [0.2, 0.25) is 0 Å². The molecule has 1 amide bonds. The highest BCUT2D eigenvalue weighted by Gasteiger charge is 2.19. The van der Waals surface area contributed by atoms with E-state index in [9.17, 15) is 9.59 Å². The Kier molecular flexibility index (Phi) is 4.98. The molecule has 1 heterocycles. The van der Waals surface area contributed by atoms with E-state index in [4.69, 9.17) is 9.84 Å². The van der Waals surface area contributed by atoms with Gasteiger partial charge in [-0.3, -0.25) is 4.79 Å². The summed E-state index contributed by atoms with van der Waals surface area (Å²) in [4.78, 5) is 24.2. The quantitative estimate of drug-likeness (QED) is 0.516. The van der Waals surface area contributed by atoms with Crippen molar-refractivity contribution in [3.05, 3.63) is 12.2 Å². The van der Waals surface area contributed by atoms with Crippen molar-refractivity contribution in [3.63, 3.8) is 0 Å². The fourth-order valence-corrected chi connectivity index (χ4v) is 1.53. The van der Waals surface area contributed by atoms with Gasteiger partial charge in [-0.25, -0.2) is 4.79 Å². The first-order valence-electron chi connectivity index (χ1n) is 5.38. The molecule has 0 bridgehead atoms. The summed E-state index contributed by atoms with van der Waals surface area (Å²) >= 11 is 0. The van der Waals surface area contributed by atoms with Crippen LogP contribution in [0.4, 0.5) is 0 Å². The average Bonchev–Trinajstić information content (AvgIpc) is 2.65. The Morgan fingerprint density at radius 2 is 2.31 bits per heavy atom. The molecular formula is C11H17NO4. The topological polar surface area (TPSA) is 66.8 Å². The summed E-state index contributed by atoms with van der Waals surface area (Å²) < 4.78 is 4.92. The Morgan fingerprint density at radius 1 is 1.56 bits per heavy atom. The smallest absolute Gasteiger partial charge is 0.333 e. The van der Waals surface area contributed by atoms with Crippen molar-refractivity contribution in [2.75, 3.05) is 26.3 Å². The molecular weight excluding hydrogens is 210 g/mol. The second-order valence-electron chi connectivity index (χ2n) is 3.70. The minimum Gasteiger partial charge on any atom is -0.460 e. The lowest BCUT2D eigenvalue weighted by Gasteiger charge is -2.15. The number of hydrogen-bond acceptors (Lipinski definition) is 4. The predicted molar refractivity (Wildman–Crippen MR) is 57.6 cm³/mol. The Labute approximate surface area is 94.7 Å². The first-order chi connectivity index (χ1) is 7.65. The molecule has 0 spiro atoms. The van der Waals surface area contributed by atoms with Crippen LogP contribution in [0.5, 0.6) is 0 Å². The van der Waals surface area contributed by atoms with Crippen LogP contribution in [0.25, 0.3) is 0 Å². The van der Waals surface area contributed by atoms with Gasteiger partial charge >= 0.3 is 5.97 Å². The van der Waals surface area contributed by atoms with E-state index < -0.39 is 5.97 Å². The number of ether oxygens (including phenoxy) is 1. The molecule has 0 atom stereocenters. The average molecular weight is 227 g/mol. The van der Waals surface area contributed by atoms with Crippen molar-refractivity contribution >= 4 is 11.9 Å². The summed E-state index contributed by atoms with van der Waals surface area (Å²) in [6.07, 6.45) is 1.69. The summed E-state index contributed by atoms with van der Waals surface area (Å²) in [7, 11) is 0. The summed E-state index contributed by atoms with van der Waals surface area (Å²) in [5, 5.41) is 8.60. The number of esters is 1. The van der Waals surface area contributed by atoms with E-state index in [2.05, 4.69) is 6.58 Å². The van der Waals surface area contributed by atoms with Gasteiger partial charge in [0.15, 0.2) is 0 Å². The maximum Gasteiger partial charge on any atom is 0.333 e. The van der Waals surface area contributed by atoms with Crippen molar-refractivity contribution in [1.29, 1.82) is 0 Å². The minimum atomic E-state index is -0.499. The Hall–Kier alpha value is -1.36. The number of aliphatic hydroxyl groups is 1. The minimum absolute atomic E-state index is 0.113. The molecule has 0 unspecified atom stereocenters. The number of carbonyl (C=O) groups is 2. The van der Waals surface area contributed by atoms with Crippen LogP contribution in [0.15, 0.2) is 12.2 Å². The third kappa shape index (κ3) is 3.66. The number of amides is 1. The largest absolute Gasteiger partial charge is 0.460 e. The van der Waals surface area contributed by atoms with Crippen LogP contribution in [-0.2, 0) is 14.3 Å². The molecule has 1 fully saturated rings. The SMILES string of the molecule is C=C(CCO)C(=O)OCCN1CCCC1=O. The molecule has 0 aromatic heterocycles. The summed E-state index contributed by atoms with van der Waals surface area (Å²) in [6, 6.07) is 0. The van der Waals surface area contributed by atoms with Crippen molar-refractivity contribution < 1.29 is 19.4 Å². The van der Waals surface area contributed by atoms with Gasteiger partial charge < -0.3 is 14.7 Å². The Balaban J connectivity index is 2.17. The van der Waals surface area contributed by atoms with Gasteiger partial charge in [-0.15, -0.1) is 0 Å². The zero-order valence-electron chi connectivity index (χ0n) is 9.28. The third-order valence-corrected chi connectivity index (χ3v) is 2.47. The van der Waals surface area contributed by atoms with Gasteiger partial charge in [-0.1, -0.05) is 6.58 Å². The number of carbonyl (C=O) groups excluding carboxylic acids is 2. The van der Waals surface area contributed by atoms with Gasteiger partial charge in [0.2, 0.25) is 5.91 Å². The maximum atomic E-state index is 11.3. The van der Waals surface area contributed by atoms with Crippen molar-refractivity contribution in [2.45, 2.75) is 19.3 Å². The molecule has 1 aliphatic heterocycles. The lowest BCUT2D eigenvalue weighted by Crippen LogP contribution is -2.29. The zero-order chi connectivity index (χ0) is 12.0. The Morgan fingerprint density at radius 3 is 2.88 bits per heavy atom. The van der Waals surface area contributed by atoms with Gasteiger partial charge in [0.25, 0.3) is 0 Å². The molecule has 5 nitrogen and oxygen atoms in total. The molecule has 0 aliphatic carbocycles.